The van der Waals surface area contributed by atoms with Crippen LogP contribution in [0.3, 0.4) is 0 Å². The summed E-state index contributed by atoms with van der Waals surface area (Å²) in [6.07, 6.45) is 4.60. The molecule has 1 unspecified atom stereocenters. The Kier molecular flexibility index (Phi) is 3.71. The highest BCUT2D eigenvalue weighted by Crippen LogP contribution is 2.20. The maximum atomic E-state index is 10.2. The average molecular weight is 288 g/mol. The van der Waals surface area contributed by atoms with E-state index in [1.807, 2.05) is 46.4 Å². The minimum absolute atomic E-state index is 0.462. The molecule has 0 saturated carbocycles. The lowest BCUT2D eigenvalue weighted by atomic mass is 10.0. The number of para-hydroxylation sites is 1. The van der Waals surface area contributed by atoms with Gasteiger partial charge in [-0.25, -0.2) is 4.98 Å². The van der Waals surface area contributed by atoms with Gasteiger partial charge in [-0.05, 0) is 11.6 Å². The molecular formula is C15H16N2O2S. The smallest absolute Gasteiger partial charge is 0.193 e. The molecule has 3 rings (SSSR count). The summed E-state index contributed by atoms with van der Waals surface area (Å²) in [5, 5.41) is 12.2. The average Bonchev–Trinajstić information content (AvgIpc) is 3.00. The van der Waals surface area contributed by atoms with E-state index in [1.165, 1.54) is 0 Å². The highest BCUT2D eigenvalue weighted by atomic mass is 32.1. The number of hydrogen-bond acceptors (Lipinski definition) is 4. The Labute approximate surface area is 121 Å². The molecule has 1 aromatic carbocycles. The lowest BCUT2D eigenvalue weighted by Crippen LogP contribution is -2.14. The number of benzene rings is 1. The maximum Gasteiger partial charge on any atom is 0.193 e. The SMILES string of the molecule is COc1ccccc1CC(O)Cc1cn2ccsc2n1. The van der Waals surface area contributed by atoms with Crippen molar-refractivity contribution in [3.05, 3.63) is 53.3 Å². The Hall–Kier alpha value is -1.85. The van der Waals surface area contributed by atoms with Crippen molar-refractivity contribution in [1.29, 1.82) is 0 Å². The fourth-order valence-electron chi connectivity index (χ4n) is 2.31. The molecule has 0 aliphatic heterocycles. The van der Waals surface area contributed by atoms with Crippen LogP contribution in [-0.4, -0.2) is 27.7 Å². The molecule has 0 radical (unpaired) electrons. The van der Waals surface area contributed by atoms with Gasteiger partial charge in [-0.15, -0.1) is 11.3 Å². The Morgan fingerprint density at radius 2 is 2.20 bits per heavy atom. The van der Waals surface area contributed by atoms with Crippen LogP contribution in [0, 0.1) is 0 Å². The summed E-state index contributed by atoms with van der Waals surface area (Å²) in [7, 11) is 1.65. The molecule has 20 heavy (non-hydrogen) atoms. The van der Waals surface area contributed by atoms with Crippen LogP contribution >= 0.6 is 11.3 Å². The second-order valence-electron chi connectivity index (χ2n) is 4.70. The van der Waals surface area contributed by atoms with E-state index in [2.05, 4.69) is 4.98 Å². The van der Waals surface area contributed by atoms with Crippen molar-refractivity contribution in [2.24, 2.45) is 0 Å². The quantitative estimate of drug-likeness (QED) is 0.785. The number of hydrogen-bond donors (Lipinski definition) is 1. The zero-order chi connectivity index (χ0) is 13.9. The van der Waals surface area contributed by atoms with E-state index >= 15 is 0 Å². The van der Waals surface area contributed by atoms with Crippen LogP contribution in [-0.2, 0) is 12.8 Å². The number of ether oxygens (including phenoxy) is 1. The molecule has 0 spiro atoms. The van der Waals surface area contributed by atoms with Crippen molar-refractivity contribution in [2.45, 2.75) is 18.9 Å². The van der Waals surface area contributed by atoms with Gasteiger partial charge >= 0.3 is 0 Å². The molecule has 4 nitrogen and oxygen atoms in total. The predicted octanol–water partition coefficient (Wildman–Crippen LogP) is 2.55. The summed E-state index contributed by atoms with van der Waals surface area (Å²) in [6, 6.07) is 7.78. The summed E-state index contributed by atoms with van der Waals surface area (Å²) in [5.74, 6) is 0.817. The van der Waals surface area contributed by atoms with Gasteiger partial charge in [0.05, 0.1) is 18.9 Å². The van der Waals surface area contributed by atoms with Crippen molar-refractivity contribution in [2.75, 3.05) is 7.11 Å². The maximum absolute atomic E-state index is 10.2. The third kappa shape index (κ3) is 2.69. The van der Waals surface area contributed by atoms with E-state index in [-0.39, 0.29) is 0 Å². The van der Waals surface area contributed by atoms with Gasteiger partial charge in [0.2, 0.25) is 0 Å². The minimum atomic E-state index is -0.462. The fourth-order valence-corrected chi connectivity index (χ4v) is 3.03. The Bertz CT molecular complexity index is 676. The van der Waals surface area contributed by atoms with Gasteiger partial charge < -0.3 is 9.84 Å². The molecular weight excluding hydrogens is 272 g/mol. The van der Waals surface area contributed by atoms with Crippen LogP contribution in [0.2, 0.25) is 0 Å². The van der Waals surface area contributed by atoms with E-state index in [0.29, 0.717) is 12.8 Å². The normalized spacial score (nSPS) is 12.7. The molecule has 0 aliphatic rings. The largest absolute Gasteiger partial charge is 0.496 e. The Balaban J connectivity index is 1.70. The van der Waals surface area contributed by atoms with E-state index in [0.717, 1.165) is 22.0 Å². The number of fused-ring (bicyclic) bond motifs is 1. The molecule has 0 saturated heterocycles. The van der Waals surface area contributed by atoms with Crippen LogP contribution in [0.15, 0.2) is 42.0 Å². The van der Waals surface area contributed by atoms with Gasteiger partial charge in [-0.1, -0.05) is 18.2 Å². The lowest BCUT2D eigenvalue weighted by Gasteiger charge is -2.12. The van der Waals surface area contributed by atoms with Crippen LogP contribution in [0.5, 0.6) is 5.75 Å². The van der Waals surface area contributed by atoms with Gasteiger partial charge in [0.25, 0.3) is 0 Å². The highest BCUT2D eigenvalue weighted by Gasteiger charge is 2.12. The third-order valence-electron chi connectivity index (χ3n) is 3.24. The molecule has 1 N–H and O–H groups in total. The van der Waals surface area contributed by atoms with E-state index in [1.54, 1.807) is 18.4 Å². The van der Waals surface area contributed by atoms with Crippen molar-refractivity contribution >= 4 is 16.3 Å². The molecule has 0 bridgehead atoms. The van der Waals surface area contributed by atoms with Crippen molar-refractivity contribution in [3.63, 3.8) is 0 Å². The minimum Gasteiger partial charge on any atom is -0.496 e. The standard InChI is InChI=1S/C15H16N2O2S/c1-19-14-5-3-2-4-11(14)8-13(18)9-12-10-17-6-7-20-15(17)16-12/h2-7,10,13,18H,8-9H2,1H3. The fraction of sp³-hybridized carbons (Fsp3) is 0.267. The first-order chi connectivity index (χ1) is 9.76. The van der Waals surface area contributed by atoms with Crippen molar-refractivity contribution in [3.8, 4) is 5.75 Å². The number of thiazole rings is 1. The summed E-state index contributed by atoms with van der Waals surface area (Å²) in [4.78, 5) is 5.45. The van der Waals surface area contributed by atoms with E-state index in [4.69, 9.17) is 4.74 Å². The molecule has 0 aliphatic carbocycles. The molecule has 0 fully saturated rings. The summed E-state index contributed by atoms with van der Waals surface area (Å²) >= 11 is 1.60. The van der Waals surface area contributed by atoms with Crippen LogP contribution in [0.4, 0.5) is 0 Å². The number of aliphatic hydroxyl groups excluding tert-OH is 1. The molecule has 2 heterocycles. The Morgan fingerprint density at radius 1 is 1.35 bits per heavy atom. The molecule has 0 amide bonds. The topological polar surface area (TPSA) is 46.8 Å². The highest BCUT2D eigenvalue weighted by molar-refractivity contribution is 7.15. The van der Waals surface area contributed by atoms with Crippen molar-refractivity contribution < 1.29 is 9.84 Å². The van der Waals surface area contributed by atoms with Gasteiger partial charge in [0, 0.05) is 30.6 Å². The number of rotatable bonds is 5. The first-order valence-corrected chi connectivity index (χ1v) is 7.35. The number of aromatic nitrogens is 2. The summed E-state index contributed by atoms with van der Waals surface area (Å²) in [5.41, 5.74) is 1.93. The van der Waals surface area contributed by atoms with Crippen LogP contribution in [0.1, 0.15) is 11.3 Å². The number of aliphatic hydroxyl groups is 1. The van der Waals surface area contributed by atoms with Crippen molar-refractivity contribution in [1.82, 2.24) is 9.38 Å². The zero-order valence-corrected chi connectivity index (χ0v) is 12.0. The number of nitrogens with zero attached hydrogens (tertiary/aromatic N) is 2. The first-order valence-electron chi connectivity index (χ1n) is 6.47. The second kappa shape index (κ2) is 5.64. The van der Waals surface area contributed by atoms with Crippen LogP contribution < -0.4 is 4.74 Å². The Morgan fingerprint density at radius 3 is 3.00 bits per heavy atom. The number of methoxy groups -OCH3 is 1. The second-order valence-corrected chi connectivity index (χ2v) is 5.57. The third-order valence-corrected chi connectivity index (χ3v) is 4.01. The summed E-state index contributed by atoms with van der Waals surface area (Å²) in [6.45, 7) is 0. The van der Waals surface area contributed by atoms with Gasteiger partial charge in [0.15, 0.2) is 4.96 Å². The first kappa shape index (κ1) is 13.1. The molecule has 1 atom stereocenters. The monoisotopic (exact) mass is 288 g/mol. The van der Waals surface area contributed by atoms with Crippen LogP contribution in [0.25, 0.3) is 4.96 Å². The predicted molar refractivity (Wildman–Crippen MR) is 79.5 cm³/mol. The molecule has 2 aromatic heterocycles. The van der Waals surface area contributed by atoms with Gasteiger partial charge in [-0.2, -0.15) is 0 Å². The van der Waals surface area contributed by atoms with E-state index in [9.17, 15) is 5.11 Å². The lowest BCUT2D eigenvalue weighted by molar-refractivity contribution is 0.173. The van der Waals surface area contributed by atoms with E-state index < -0.39 is 6.10 Å². The molecule has 5 heteroatoms. The molecule has 3 aromatic rings. The zero-order valence-electron chi connectivity index (χ0n) is 11.2. The molecule has 104 valence electrons. The van der Waals surface area contributed by atoms with Gasteiger partial charge in [-0.3, -0.25) is 4.40 Å². The number of imidazole rings is 1. The van der Waals surface area contributed by atoms with Gasteiger partial charge in [0.1, 0.15) is 5.75 Å². The summed E-state index contributed by atoms with van der Waals surface area (Å²) < 4.78 is 7.28.